The largest absolute Gasteiger partial charge is 0.496 e. The SMILES string of the molecule is COc1ccc(Br)cc1/C=C/C(=O)Nc1ccc2c(c1)C(=O)N(c1ccccc1)C2=O. The quantitative estimate of drug-likeness (QED) is 0.419. The number of halogens is 1. The van der Waals surface area contributed by atoms with Crippen LogP contribution in [-0.4, -0.2) is 24.8 Å². The maximum Gasteiger partial charge on any atom is 0.266 e. The van der Waals surface area contributed by atoms with Crippen LogP contribution in [0.1, 0.15) is 26.3 Å². The van der Waals surface area contributed by atoms with E-state index in [0.29, 0.717) is 22.7 Å². The zero-order chi connectivity index (χ0) is 22.0. The third-order valence-electron chi connectivity index (χ3n) is 4.77. The van der Waals surface area contributed by atoms with Crippen LogP contribution in [0, 0.1) is 0 Å². The van der Waals surface area contributed by atoms with Crippen molar-refractivity contribution in [3.63, 3.8) is 0 Å². The number of carbonyl (C=O) groups is 3. The van der Waals surface area contributed by atoms with E-state index in [1.54, 1.807) is 55.7 Å². The third-order valence-corrected chi connectivity index (χ3v) is 5.27. The van der Waals surface area contributed by atoms with Crippen LogP contribution in [0.3, 0.4) is 0 Å². The number of carbonyl (C=O) groups excluding carboxylic acids is 3. The van der Waals surface area contributed by atoms with Gasteiger partial charge in [-0.05, 0) is 54.6 Å². The van der Waals surface area contributed by atoms with Gasteiger partial charge in [0.15, 0.2) is 0 Å². The van der Waals surface area contributed by atoms with Gasteiger partial charge >= 0.3 is 0 Å². The summed E-state index contributed by atoms with van der Waals surface area (Å²) in [7, 11) is 1.56. The van der Waals surface area contributed by atoms with Crippen molar-refractivity contribution in [2.24, 2.45) is 0 Å². The number of ether oxygens (including phenoxy) is 1. The summed E-state index contributed by atoms with van der Waals surface area (Å²) in [5.74, 6) is -0.545. The van der Waals surface area contributed by atoms with Crippen molar-refractivity contribution in [3.8, 4) is 5.75 Å². The molecule has 1 aliphatic rings. The van der Waals surface area contributed by atoms with Crippen molar-refractivity contribution in [3.05, 3.63) is 94.0 Å². The number of para-hydroxylation sites is 1. The molecule has 31 heavy (non-hydrogen) atoms. The van der Waals surface area contributed by atoms with Gasteiger partial charge in [-0.2, -0.15) is 0 Å². The van der Waals surface area contributed by atoms with Crippen LogP contribution in [0.5, 0.6) is 5.75 Å². The number of amides is 3. The number of imide groups is 1. The number of fused-ring (bicyclic) bond motifs is 1. The Morgan fingerprint density at radius 2 is 1.71 bits per heavy atom. The van der Waals surface area contributed by atoms with Crippen molar-refractivity contribution in [1.82, 2.24) is 0 Å². The summed E-state index contributed by atoms with van der Waals surface area (Å²) in [4.78, 5) is 39.0. The number of benzene rings is 3. The average Bonchev–Trinajstić information content (AvgIpc) is 3.02. The minimum Gasteiger partial charge on any atom is -0.496 e. The van der Waals surface area contributed by atoms with Gasteiger partial charge in [-0.15, -0.1) is 0 Å². The lowest BCUT2D eigenvalue weighted by Crippen LogP contribution is -2.29. The van der Waals surface area contributed by atoms with Gasteiger partial charge in [-0.1, -0.05) is 34.1 Å². The molecule has 0 atom stereocenters. The molecule has 4 rings (SSSR count). The van der Waals surface area contributed by atoms with Crippen molar-refractivity contribution in [2.75, 3.05) is 17.3 Å². The highest BCUT2D eigenvalue weighted by Gasteiger charge is 2.36. The molecule has 0 radical (unpaired) electrons. The smallest absolute Gasteiger partial charge is 0.266 e. The number of rotatable bonds is 5. The molecule has 6 nitrogen and oxygen atoms in total. The standard InChI is InChI=1S/C24H17BrN2O4/c1-31-21-11-8-16(25)13-15(21)7-12-22(28)26-17-9-10-19-20(14-17)24(30)27(23(19)29)18-5-3-2-4-6-18/h2-14H,1H3,(H,26,28)/b12-7+. The van der Waals surface area contributed by atoms with Crippen LogP contribution in [0.2, 0.25) is 0 Å². The Hall–Kier alpha value is -3.71. The van der Waals surface area contributed by atoms with E-state index in [4.69, 9.17) is 4.74 Å². The molecule has 3 amide bonds. The van der Waals surface area contributed by atoms with E-state index in [-0.39, 0.29) is 17.4 Å². The maximum absolute atomic E-state index is 12.8. The molecule has 0 saturated carbocycles. The molecular weight excluding hydrogens is 460 g/mol. The molecule has 7 heteroatoms. The first kappa shape index (κ1) is 20.6. The van der Waals surface area contributed by atoms with Crippen LogP contribution in [0.15, 0.2) is 77.3 Å². The van der Waals surface area contributed by atoms with Crippen LogP contribution in [-0.2, 0) is 4.79 Å². The Morgan fingerprint density at radius 3 is 2.45 bits per heavy atom. The molecule has 0 aliphatic carbocycles. The van der Waals surface area contributed by atoms with E-state index in [2.05, 4.69) is 21.2 Å². The highest BCUT2D eigenvalue weighted by Crippen LogP contribution is 2.30. The average molecular weight is 477 g/mol. The molecular formula is C24H17BrN2O4. The first-order chi connectivity index (χ1) is 15.0. The van der Waals surface area contributed by atoms with Gasteiger partial charge in [0.25, 0.3) is 11.8 Å². The van der Waals surface area contributed by atoms with E-state index in [9.17, 15) is 14.4 Å². The predicted octanol–water partition coefficient (Wildman–Crippen LogP) is 4.91. The van der Waals surface area contributed by atoms with Crippen molar-refractivity contribution in [2.45, 2.75) is 0 Å². The second-order valence-corrected chi connectivity index (χ2v) is 7.67. The molecule has 1 aliphatic heterocycles. The maximum atomic E-state index is 12.8. The third kappa shape index (κ3) is 4.13. The minimum absolute atomic E-state index is 0.254. The lowest BCUT2D eigenvalue weighted by Gasteiger charge is -2.13. The Morgan fingerprint density at radius 1 is 0.968 bits per heavy atom. The number of hydrogen-bond acceptors (Lipinski definition) is 4. The molecule has 0 bridgehead atoms. The van der Waals surface area contributed by atoms with Gasteiger partial charge in [-0.3, -0.25) is 14.4 Å². The highest BCUT2D eigenvalue weighted by atomic mass is 79.9. The molecule has 154 valence electrons. The summed E-state index contributed by atoms with van der Waals surface area (Å²) in [6.07, 6.45) is 3.01. The first-order valence-electron chi connectivity index (χ1n) is 9.38. The van der Waals surface area contributed by atoms with E-state index in [1.807, 2.05) is 18.2 Å². The fourth-order valence-electron chi connectivity index (χ4n) is 3.31. The van der Waals surface area contributed by atoms with Gasteiger partial charge < -0.3 is 10.1 Å². The van der Waals surface area contributed by atoms with Crippen LogP contribution in [0.25, 0.3) is 6.08 Å². The molecule has 3 aromatic carbocycles. The Balaban J connectivity index is 1.53. The number of anilines is 2. The summed E-state index contributed by atoms with van der Waals surface area (Å²) in [5, 5.41) is 2.72. The fraction of sp³-hybridized carbons (Fsp3) is 0.0417. The second-order valence-electron chi connectivity index (χ2n) is 6.75. The van der Waals surface area contributed by atoms with Gasteiger partial charge in [-0.25, -0.2) is 4.90 Å². The summed E-state index contributed by atoms with van der Waals surface area (Å²) >= 11 is 3.39. The summed E-state index contributed by atoms with van der Waals surface area (Å²) in [6, 6.07) is 18.9. The van der Waals surface area contributed by atoms with Crippen molar-refractivity contribution >= 4 is 51.1 Å². The van der Waals surface area contributed by atoms with Crippen molar-refractivity contribution < 1.29 is 19.1 Å². The van der Waals surface area contributed by atoms with Crippen LogP contribution in [0.4, 0.5) is 11.4 Å². The first-order valence-corrected chi connectivity index (χ1v) is 10.2. The zero-order valence-electron chi connectivity index (χ0n) is 16.5. The van der Waals surface area contributed by atoms with Gasteiger partial charge in [0.05, 0.1) is 23.9 Å². The summed E-state index contributed by atoms with van der Waals surface area (Å²) in [6.45, 7) is 0. The fourth-order valence-corrected chi connectivity index (χ4v) is 3.69. The van der Waals surface area contributed by atoms with Crippen molar-refractivity contribution in [1.29, 1.82) is 0 Å². The zero-order valence-corrected chi connectivity index (χ0v) is 18.0. The molecule has 3 aromatic rings. The van der Waals surface area contributed by atoms with E-state index >= 15 is 0 Å². The van der Waals surface area contributed by atoms with Gasteiger partial charge in [0.2, 0.25) is 5.91 Å². The Kier molecular flexibility index (Phi) is 5.68. The molecule has 1 heterocycles. The molecule has 0 unspecified atom stereocenters. The summed E-state index contributed by atoms with van der Waals surface area (Å²) in [5.41, 5.74) is 2.22. The van der Waals surface area contributed by atoms with Crippen LogP contribution < -0.4 is 15.0 Å². The number of methoxy groups -OCH3 is 1. The van der Waals surface area contributed by atoms with E-state index < -0.39 is 5.91 Å². The Labute approximate surface area is 187 Å². The Bertz CT molecular complexity index is 1220. The summed E-state index contributed by atoms with van der Waals surface area (Å²) < 4.78 is 6.15. The van der Waals surface area contributed by atoms with E-state index in [0.717, 1.165) is 14.9 Å². The normalized spacial score (nSPS) is 12.9. The topological polar surface area (TPSA) is 75.7 Å². The predicted molar refractivity (Wildman–Crippen MR) is 122 cm³/mol. The molecule has 1 N–H and O–H groups in total. The molecule has 0 spiro atoms. The molecule has 0 fully saturated rings. The molecule has 0 aromatic heterocycles. The van der Waals surface area contributed by atoms with Crippen LogP contribution >= 0.6 is 15.9 Å². The lowest BCUT2D eigenvalue weighted by molar-refractivity contribution is -0.111. The monoisotopic (exact) mass is 476 g/mol. The molecule has 0 saturated heterocycles. The number of hydrogen-bond donors (Lipinski definition) is 1. The number of nitrogens with one attached hydrogen (secondary N) is 1. The van der Waals surface area contributed by atoms with E-state index in [1.165, 1.54) is 12.1 Å². The lowest BCUT2D eigenvalue weighted by atomic mass is 10.1. The second kappa shape index (κ2) is 8.57. The van der Waals surface area contributed by atoms with Gasteiger partial charge in [0, 0.05) is 21.8 Å². The number of nitrogens with zero attached hydrogens (tertiary/aromatic N) is 1. The minimum atomic E-state index is -0.420. The van der Waals surface area contributed by atoms with Gasteiger partial charge in [0.1, 0.15) is 5.75 Å². The highest BCUT2D eigenvalue weighted by molar-refractivity contribution is 9.10.